The molecule has 0 aliphatic carbocycles. The number of aryl methyl sites for hydroxylation is 1. The predicted octanol–water partition coefficient (Wildman–Crippen LogP) is 2.03. The van der Waals surface area contributed by atoms with Crippen LogP contribution < -0.4 is 16.4 Å². The van der Waals surface area contributed by atoms with E-state index >= 15 is 0 Å². The molecule has 23 heavy (non-hydrogen) atoms. The summed E-state index contributed by atoms with van der Waals surface area (Å²) >= 11 is 5.50. The first-order chi connectivity index (χ1) is 10.3. The maximum atomic E-state index is 11.3. The predicted molar refractivity (Wildman–Crippen MR) is 97.5 cm³/mol. The van der Waals surface area contributed by atoms with E-state index in [0.717, 1.165) is 11.3 Å². The Balaban J connectivity index is 0.00000264. The molecule has 0 saturated carbocycles. The third kappa shape index (κ3) is 4.59. The number of halogens is 2. The first-order valence-electron chi connectivity index (χ1n) is 7.00. The molecule has 0 atom stereocenters. The van der Waals surface area contributed by atoms with Gasteiger partial charge in [0.15, 0.2) is 0 Å². The van der Waals surface area contributed by atoms with Gasteiger partial charge in [0.05, 0.1) is 5.88 Å². The Morgan fingerprint density at radius 1 is 1.26 bits per heavy atom. The second-order valence-corrected chi connectivity index (χ2v) is 5.88. The van der Waals surface area contributed by atoms with Crippen LogP contribution in [0.4, 0.5) is 5.69 Å². The minimum Gasteiger partial charge on any atom is -0.369 e. The minimum atomic E-state index is -0.605. The van der Waals surface area contributed by atoms with Crippen LogP contribution in [0.15, 0.2) is 34.3 Å². The molecule has 1 heterocycles. The molecule has 1 aromatic carbocycles. The molecule has 0 fully saturated rings. The van der Waals surface area contributed by atoms with E-state index in [1.165, 1.54) is 0 Å². The van der Waals surface area contributed by atoms with Crippen LogP contribution in [0, 0.1) is 0 Å². The van der Waals surface area contributed by atoms with Crippen LogP contribution in [-0.4, -0.2) is 29.2 Å². The van der Waals surface area contributed by atoms with Crippen molar-refractivity contribution in [2.75, 3.05) is 10.8 Å². The zero-order valence-electron chi connectivity index (χ0n) is 13.1. The quantitative estimate of drug-likeness (QED) is 0.787. The van der Waals surface area contributed by atoms with Gasteiger partial charge in [-0.15, -0.1) is 24.0 Å². The van der Waals surface area contributed by atoms with Crippen molar-refractivity contribution >= 4 is 47.4 Å². The number of nitrogens with zero attached hydrogens (tertiary/aromatic N) is 3. The van der Waals surface area contributed by atoms with Crippen molar-refractivity contribution in [3.8, 4) is 0 Å². The van der Waals surface area contributed by atoms with Crippen LogP contribution in [0.1, 0.15) is 25.8 Å². The van der Waals surface area contributed by atoms with Crippen molar-refractivity contribution in [1.82, 2.24) is 0 Å². The summed E-state index contributed by atoms with van der Waals surface area (Å²) in [5.74, 6) is 0.591. The molecule has 2 rings (SSSR count). The molecule has 0 unspecified atom stereocenters. The van der Waals surface area contributed by atoms with Crippen LogP contribution >= 0.6 is 24.0 Å². The number of benzene rings is 1. The maximum absolute atomic E-state index is 11.3. The summed E-state index contributed by atoms with van der Waals surface area (Å²) in [5, 5.41) is 0. The average Bonchev–Trinajstić information content (AvgIpc) is 2.44. The number of alkyl halides is 1. The van der Waals surface area contributed by atoms with Crippen molar-refractivity contribution in [1.29, 1.82) is 0 Å². The molecule has 0 bridgehead atoms. The number of carbonyl (C=O) groups excluding carboxylic acids is 1. The summed E-state index contributed by atoms with van der Waals surface area (Å²) in [4.78, 5) is 21.4. The van der Waals surface area contributed by atoms with Gasteiger partial charge in [0.1, 0.15) is 11.4 Å². The highest BCUT2D eigenvalue weighted by molar-refractivity contribution is 6.27. The molecule has 1 aromatic rings. The molecule has 0 radical (unpaired) electrons. The maximum Gasteiger partial charge on any atom is 0.220 e. The summed E-state index contributed by atoms with van der Waals surface area (Å²) in [6.45, 7) is 3.82. The van der Waals surface area contributed by atoms with E-state index in [4.69, 9.17) is 23.1 Å². The van der Waals surface area contributed by atoms with E-state index in [9.17, 15) is 4.79 Å². The highest BCUT2D eigenvalue weighted by Crippen LogP contribution is 2.27. The van der Waals surface area contributed by atoms with Gasteiger partial charge in [0.25, 0.3) is 0 Å². The highest BCUT2D eigenvalue weighted by Gasteiger charge is 2.32. The van der Waals surface area contributed by atoms with E-state index in [0.29, 0.717) is 18.8 Å². The fraction of sp³-hybridized carbons (Fsp3) is 0.400. The number of anilines is 1. The Morgan fingerprint density at radius 3 is 2.39 bits per heavy atom. The lowest BCUT2D eigenvalue weighted by atomic mass is 10.1. The molecular weight excluding hydrogens is 337 g/mol. The van der Waals surface area contributed by atoms with Gasteiger partial charge in [0, 0.05) is 12.1 Å². The number of aliphatic imine (C=N–C) groups is 2. The summed E-state index contributed by atoms with van der Waals surface area (Å²) in [6.07, 6.45) is 1.12. The zero-order chi connectivity index (χ0) is 16.3. The molecule has 1 aliphatic heterocycles. The minimum absolute atomic E-state index is 0. The van der Waals surface area contributed by atoms with Crippen molar-refractivity contribution < 1.29 is 4.79 Å². The number of rotatable bonds is 5. The van der Waals surface area contributed by atoms with Crippen LogP contribution in [-0.2, 0) is 11.2 Å². The number of hydrogen-bond donors (Lipinski definition) is 2. The Bertz CT molecular complexity index is 625. The number of Topliss-reactive ketones (excluding diaryl/α,β-unsaturated/α-hetero) is 1. The molecule has 0 aromatic heterocycles. The summed E-state index contributed by atoms with van der Waals surface area (Å²) in [7, 11) is 0. The fourth-order valence-corrected chi connectivity index (χ4v) is 2.55. The lowest BCUT2D eigenvalue weighted by Crippen LogP contribution is -2.54. The molecule has 4 N–H and O–H groups in total. The summed E-state index contributed by atoms with van der Waals surface area (Å²) < 4.78 is 0. The van der Waals surface area contributed by atoms with E-state index in [1.807, 2.05) is 43.0 Å². The standard InChI is InChI=1S/C15H20ClN5O.ClH/c1-15(2)20-13(17)19-14(18)21(15)11-6-3-10(4-7-11)5-8-12(22)9-16;/h3-4,6-7H,5,8-9H2,1-2H3,(H4,17,18,19,20);1H. The summed E-state index contributed by atoms with van der Waals surface area (Å²) in [5.41, 5.74) is 13.0. The molecule has 1 aliphatic rings. The van der Waals surface area contributed by atoms with Gasteiger partial charge >= 0.3 is 0 Å². The molecule has 126 valence electrons. The lowest BCUT2D eigenvalue weighted by molar-refractivity contribution is -0.116. The molecule has 8 heteroatoms. The Kier molecular flexibility index (Phi) is 6.41. The number of hydrogen-bond acceptors (Lipinski definition) is 6. The smallest absolute Gasteiger partial charge is 0.220 e. The first kappa shape index (κ1) is 19.3. The lowest BCUT2D eigenvalue weighted by Gasteiger charge is -2.38. The van der Waals surface area contributed by atoms with Crippen LogP contribution in [0.25, 0.3) is 0 Å². The second kappa shape index (κ2) is 7.66. The van der Waals surface area contributed by atoms with Crippen molar-refractivity contribution in [3.05, 3.63) is 29.8 Å². The topological polar surface area (TPSA) is 97.1 Å². The number of carbonyl (C=O) groups is 1. The Hall–Kier alpha value is -1.79. The molecule has 0 spiro atoms. The second-order valence-electron chi connectivity index (χ2n) is 5.61. The third-order valence-corrected chi connectivity index (χ3v) is 3.73. The van der Waals surface area contributed by atoms with Gasteiger partial charge in [-0.05, 0) is 38.0 Å². The van der Waals surface area contributed by atoms with Gasteiger partial charge in [-0.25, -0.2) is 4.99 Å². The molecular formula is C15H21Cl2N5O. The van der Waals surface area contributed by atoms with Crippen LogP contribution in [0.5, 0.6) is 0 Å². The van der Waals surface area contributed by atoms with Crippen LogP contribution in [0.3, 0.4) is 0 Å². The van der Waals surface area contributed by atoms with Gasteiger partial charge in [-0.2, -0.15) is 4.99 Å². The molecule has 0 amide bonds. The monoisotopic (exact) mass is 357 g/mol. The van der Waals surface area contributed by atoms with Gasteiger partial charge in [-0.3, -0.25) is 9.69 Å². The normalized spacial score (nSPS) is 16.2. The number of ketones is 1. The van der Waals surface area contributed by atoms with Crippen molar-refractivity contribution in [2.24, 2.45) is 21.5 Å². The van der Waals surface area contributed by atoms with E-state index in [-0.39, 0.29) is 30.0 Å². The van der Waals surface area contributed by atoms with E-state index in [2.05, 4.69) is 9.98 Å². The number of nitrogens with two attached hydrogens (primary N) is 2. The van der Waals surface area contributed by atoms with Gasteiger partial charge < -0.3 is 11.5 Å². The highest BCUT2D eigenvalue weighted by atomic mass is 35.5. The van der Waals surface area contributed by atoms with E-state index in [1.54, 1.807) is 0 Å². The van der Waals surface area contributed by atoms with Crippen molar-refractivity contribution in [2.45, 2.75) is 32.4 Å². The zero-order valence-corrected chi connectivity index (χ0v) is 14.7. The average molecular weight is 358 g/mol. The number of guanidine groups is 2. The van der Waals surface area contributed by atoms with Gasteiger partial charge in [-0.1, -0.05) is 12.1 Å². The molecule has 0 saturated heterocycles. The van der Waals surface area contributed by atoms with E-state index < -0.39 is 5.66 Å². The Labute approximate surface area is 147 Å². The molecule has 6 nitrogen and oxygen atoms in total. The van der Waals surface area contributed by atoms with Crippen LogP contribution in [0.2, 0.25) is 0 Å². The largest absolute Gasteiger partial charge is 0.369 e. The van der Waals surface area contributed by atoms with Gasteiger partial charge in [0.2, 0.25) is 11.9 Å². The Morgan fingerprint density at radius 2 is 1.87 bits per heavy atom. The first-order valence-corrected chi connectivity index (χ1v) is 7.53. The SMILES string of the molecule is CC1(C)N=C(N)N=C(N)N1c1ccc(CCC(=O)CCl)cc1.Cl. The van der Waals surface area contributed by atoms with Crippen molar-refractivity contribution in [3.63, 3.8) is 0 Å². The summed E-state index contributed by atoms with van der Waals surface area (Å²) in [6, 6.07) is 7.78. The fourth-order valence-electron chi connectivity index (χ4n) is 2.41. The third-order valence-electron chi connectivity index (χ3n) is 3.43.